The van der Waals surface area contributed by atoms with Crippen molar-refractivity contribution in [3.63, 3.8) is 0 Å². The van der Waals surface area contributed by atoms with Gasteiger partial charge in [-0.3, -0.25) is 9.48 Å². The molecule has 0 aliphatic heterocycles. The number of aromatic nitrogens is 2. The van der Waals surface area contributed by atoms with Gasteiger partial charge in [0.15, 0.2) is 5.54 Å². The molecule has 3 N–H and O–H groups in total. The van der Waals surface area contributed by atoms with Crippen LogP contribution in [0.1, 0.15) is 27.2 Å². The Labute approximate surface area is 127 Å². The lowest BCUT2D eigenvalue weighted by Crippen LogP contribution is -2.37. The van der Waals surface area contributed by atoms with Gasteiger partial charge in [-0.25, -0.2) is 9.59 Å². The lowest BCUT2D eigenvalue weighted by atomic mass is 10.1. The Bertz CT molecular complexity index is 552. The number of hydrogen-bond donors (Lipinski definition) is 3. The number of aliphatic carboxylic acids is 1. The predicted molar refractivity (Wildman–Crippen MR) is 77.5 cm³/mol. The summed E-state index contributed by atoms with van der Waals surface area (Å²) in [6, 6.07) is -0.547. The third-order valence-electron chi connectivity index (χ3n) is 2.81. The zero-order chi connectivity index (χ0) is 16.8. The second kappa shape index (κ2) is 7.43. The normalized spacial score (nSPS) is 10.9. The molecular formula is C13H20N4O5. The maximum Gasteiger partial charge on any atom is 0.333 e. The van der Waals surface area contributed by atoms with Gasteiger partial charge in [0, 0.05) is 12.7 Å². The first kappa shape index (κ1) is 17.5. The van der Waals surface area contributed by atoms with Crippen molar-refractivity contribution in [3.05, 3.63) is 12.4 Å². The average Bonchev–Trinajstić information content (AvgIpc) is 2.87. The number of carboxylic acids is 1. The second-order valence-corrected chi connectivity index (χ2v) is 4.98. The van der Waals surface area contributed by atoms with Gasteiger partial charge in [0.25, 0.3) is 0 Å². The van der Waals surface area contributed by atoms with Crippen molar-refractivity contribution >= 4 is 23.7 Å². The van der Waals surface area contributed by atoms with Crippen LogP contribution in [0.5, 0.6) is 0 Å². The SMILES string of the molecule is CCOC(=O)C(C)(C)n1cc(NC(=O)NCCC(=O)O)cn1. The van der Waals surface area contributed by atoms with Gasteiger partial charge in [0.05, 0.1) is 24.9 Å². The molecule has 0 radical (unpaired) electrons. The molecule has 0 atom stereocenters. The van der Waals surface area contributed by atoms with Crippen LogP contribution in [0.15, 0.2) is 12.4 Å². The van der Waals surface area contributed by atoms with Gasteiger partial charge in [-0.2, -0.15) is 5.10 Å². The van der Waals surface area contributed by atoms with E-state index in [0.717, 1.165) is 0 Å². The number of esters is 1. The Morgan fingerprint density at radius 3 is 2.68 bits per heavy atom. The van der Waals surface area contributed by atoms with Crippen LogP contribution in [0.25, 0.3) is 0 Å². The molecule has 0 spiro atoms. The van der Waals surface area contributed by atoms with Gasteiger partial charge < -0.3 is 20.5 Å². The number of nitrogens with one attached hydrogen (secondary N) is 2. The Balaban J connectivity index is 2.62. The Morgan fingerprint density at radius 1 is 1.41 bits per heavy atom. The molecule has 1 aromatic rings. The van der Waals surface area contributed by atoms with E-state index in [-0.39, 0.29) is 19.6 Å². The minimum absolute atomic E-state index is 0.0175. The Hall–Kier alpha value is -2.58. The van der Waals surface area contributed by atoms with Crippen LogP contribution < -0.4 is 10.6 Å². The van der Waals surface area contributed by atoms with E-state index in [1.165, 1.54) is 17.1 Å². The zero-order valence-electron chi connectivity index (χ0n) is 12.8. The van der Waals surface area contributed by atoms with Crippen LogP contribution in [0.4, 0.5) is 10.5 Å². The third-order valence-corrected chi connectivity index (χ3v) is 2.81. The summed E-state index contributed by atoms with van der Waals surface area (Å²) in [4.78, 5) is 33.8. The quantitative estimate of drug-likeness (QED) is 0.639. The molecule has 2 amide bonds. The zero-order valence-corrected chi connectivity index (χ0v) is 12.8. The molecule has 22 heavy (non-hydrogen) atoms. The molecule has 9 nitrogen and oxygen atoms in total. The van der Waals surface area contributed by atoms with Gasteiger partial charge in [0.1, 0.15) is 0 Å². The van der Waals surface area contributed by atoms with Crippen LogP contribution in [-0.2, 0) is 19.9 Å². The van der Waals surface area contributed by atoms with Gasteiger partial charge in [-0.15, -0.1) is 0 Å². The van der Waals surface area contributed by atoms with E-state index in [2.05, 4.69) is 15.7 Å². The molecule has 122 valence electrons. The summed E-state index contributed by atoms with van der Waals surface area (Å²) in [5.74, 6) is -1.43. The molecule has 0 unspecified atom stereocenters. The number of ether oxygens (including phenoxy) is 1. The highest BCUT2D eigenvalue weighted by atomic mass is 16.5. The molecule has 0 fully saturated rings. The lowest BCUT2D eigenvalue weighted by molar-refractivity contribution is -0.152. The first-order valence-electron chi connectivity index (χ1n) is 6.76. The molecular weight excluding hydrogens is 292 g/mol. The van der Waals surface area contributed by atoms with Crippen molar-refractivity contribution < 1.29 is 24.2 Å². The number of amides is 2. The lowest BCUT2D eigenvalue weighted by Gasteiger charge is -2.22. The molecule has 0 aromatic carbocycles. The summed E-state index contributed by atoms with van der Waals surface area (Å²) >= 11 is 0. The number of carboxylic acid groups (broad SMARTS) is 1. The van der Waals surface area contributed by atoms with Crippen LogP contribution in [0, 0.1) is 0 Å². The van der Waals surface area contributed by atoms with E-state index in [0.29, 0.717) is 5.69 Å². The molecule has 0 bridgehead atoms. The first-order valence-corrected chi connectivity index (χ1v) is 6.76. The van der Waals surface area contributed by atoms with Crippen LogP contribution >= 0.6 is 0 Å². The molecule has 0 saturated heterocycles. The molecule has 0 saturated carbocycles. The molecule has 1 rings (SSSR count). The number of rotatable bonds is 7. The fourth-order valence-electron chi connectivity index (χ4n) is 1.55. The Morgan fingerprint density at radius 2 is 2.09 bits per heavy atom. The summed E-state index contributed by atoms with van der Waals surface area (Å²) in [6.07, 6.45) is 2.72. The van der Waals surface area contributed by atoms with E-state index < -0.39 is 23.5 Å². The Kier molecular flexibility index (Phi) is 5.90. The maximum atomic E-state index is 11.9. The van der Waals surface area contributed by atoms with Crippen LogP contribution in [-0.4, -0.2) is 46.0 Å². The van der Waals surface area contributed by atoms with Crippen molar-refractivity contribution in [3.8, 4) is 0 Å². The largest absolute Gasteiger partial charge is 0.481 e. The van der Waals surface area contributed by atoms with E-state index >= 15 is 0 Å². The number of urea groups is 1. The molecule has 9 heteroatoms. The van der Waals surface area contributed by atoms with Gasteiger partial charge in [-0.05, 0) is 20.8 Å². The molecule has 1 heterocycles. The first-order chi connectivity index (χ1) is 10.3. The van der Waals surface area contributed by atoms with E-state index in [1.807, 2.05) is 0 Å². The van der Waals surface area contributed by atoms with Crippen molar-refractivity contribution in [2.75, 3.05) is 18.5 Å². The highest BCUT2D eigenvalue weighted by Gasteiger charge is 2.32. The highest BCUT2D eigenvalue weighted by molar-refractivity contribution is 5.89. The van der Waals surface area contributed by atoms with Crippen molar-refractivity contribution in [1.82, 2.24) is 15.1 Å². The fraction of sp³-hybridized carbons (Fsp3) is 0.538. The highest BCUT2D eigenvalue weighted by Crippen LogP contribution is 2.18. The van der Waals surface area contributed by atoms with Gasteiger partial charge in [-0.1, -0.05) is 0 Å². The smallest absolute Gasteiger partial charge is 0.333 e. The molecule has 0 aliphatic rings. The number of carbonyl (C=O) groups excluding carboxylic acids is 2. The fourth-order valence-corrected chi connectivity index (χ4v) is 1.55. The topological polar surface area (TPSA) is 123 Å². The number of anilines is 1. The van der Waals surface area contributed by atoms with E-state index in [1.54, 1.807) is 20.8 Å². The summed E-state index contributed by atoms with van der Waals surface area (Å²) in [5, 5.41) is 17.4. The van der Waals surface area contributed by atoms with E-state index in [4.69, 9.17) is 9.84 Å². The average molecular weight is 312 g/mol. The summed E-state index contributed by atoms with van der Waals surface area (Å²) in [7, 11) is 0. The minimum Gasteiger partial charge on any atom is -0.481 e. The standard InChI is InChI=1S/C13H20N4O5/c1-4-22-11(20)13(2,3)17-8-9(7-15-17)16-12(21)14-6-5-10(18)19/h7-8H,4-6H2,1-3H3,(H,18,19)(H2,14,16,21). The maximum absolute atomic E-state index is 11.9. The van der Waals surface area contributed by atoms with Crippen LogP contribution in [0.2, 0.25) is 0 Å². The van der Waals surface area contributed by atoms with Gasteiger partial charge in [0.2, 0.25) is 0 Å². The van der Waals surface area contributed by atoms with Gasteiger partial charge >= 0.3 is 18.0 Å². The summed E-state index contributed by atoms with van der Waals surface area (Å²) < 4.78 is 6.36. The number of carbonyl (C=O) groups is 3. The monoisotopic (exact) mass is 312 g/mol. The van der Waals surface area contributed by atoms with E-state index in [9.17, 15) is 14.4 Å². The number of nitrogens with zero attached hydrogens (tertiary/aromatic N) is 2. The molecule has 0 aliphatic carbocycles. The van der Waals surface area contributed by atoms with Crippen molar-refractivity contribution in [2.45, 2.75) is 32.7 Å². The minimum atomic E-state index is -1.00. The van der Waals surface area contributed by atoms with Crippen molar-refractivity contribution in [2.24, 2.45) is 0 Å². The molecule has 1 aromatic heterocycles. The summed E-state index contributed by atoms with van der Waals surface area (Å²) in [5.41, 5.74) is -0.624. The number of hydrogen-bond acceptors (Lipinski definition) is 5. The summed E-state index contributed by atoms with van der Waals surface area (Å²) in [6.45, 7) is 5.29. The third kappa shape index (κ3) is 4.76. The second-order valence-electron chi connectivity index (χ2n) is 4.98. The van der Waals surface area contributed by atoms with Crippen molar-refractivity contribution in [1.29, 1.82) is 0 Å². The van der Waals surface area contributed by atoms with Crippen LogP contribution in [0.3, 0.4) is 0 Å². The predicted octanol–water partition coefficient (Wildman–Crippen LogP) is 0.777.